The van der Waals surface area contributed by atoms with Crippen molar-refractivity contribution in [3.05, 3.63) is 51.4 Å². The average molecular weight is 324 g/mol. The van der Waals surface area contributed by atoms with Crippen molar-refractivity contribution in [2.24, 2.45) is 0 Å². The molecule has 0 saturated carbocycles. The predicted octanol–water partition coefficient (Wildman–Crippen LogP) is 2.34. The van der Waals surface area contributed by atoms with Crippen LogP contribution in [0.2, 0.25) is 0 Å². The minimum Gasteiger partial charge on any atom is -0.468 e. The van der Waals surface area contributed by atoms with Crippen LogP contribution >= 0.6 is 0 Å². The Kier molecular flexibility index (Phi) is 4.27. The molecule has 1 heterocycles. The van der Waals surface area contributed by atoms with Gasteiger partial charge in [0.25, 0.3) is 5.95 Å². The Hall–Kier alpha value is -2.28. The van der Waals surface area contributed by atoms with Crippen LogP contribution in [0, 0.1) is 20.8 Å². The Balaban J connectivity index is 2.52. The number of hydrogen-bond acceptors (Lipinski definition) is 6. The van der Waals surface area contributed by atoms with Crippen LogP contribution in [0.4, 0.5) is 0 Å². The smallest absolute Gasteiger partial charge is 0.345 e. The van der Waals surface area contributed by atoms with E-state index in [0.29, 0.717) is 5.56 Å². The van der Waals surface area contributed by atoms with Gasteiger partial charge in [0.1, 0.15) is 4.90 Å². The summed E-state index contributed by atoms with van der Waals surface area (Å²) in [4.78, 5) is 11.7. The number of ether oxygens (including phenoxy) is 1. The van der Waals surface area contributed by atoms with E-state index in [2.05, 4.69) is 0 Å². The van der Waals surface area contributed by atoms with Crippen molar-refractivity contribution < 1.29 is 21.8 Å². The van der Waals surface area contributed by atoms with E-state index in [-0.39, 0.29) is 22.2 Å². The molecule has 0 amide bonds. The van der Waals surface area contributed by atoms with Gasteiger partial charge in [0.2, 0.25) is 0 Å². The van der Waals surface area contributed by atoms with Crippen LogP contribution in [-0.2, 0) is 10.1 Å². The van der Waals surface area contributed by atoms with Gasteiger partial charge < -0.3 is 13.3 Å². The number of benzene rings is 1. The summed E-state index contributed by atoms with van der Waals surface area (Å²) in [6.45, 7) is 4.83. The van der Waals surface area contributed by atoms with Crippen molar-refractivity contribution in [3.8, 4) is 11.7 Å². The first-order chi connectivity index (χ1) is 10.3. The van der Waals surface area contributed by atoms with Crippen LogP contribution in [0.1, 0.15) is 16.7 Å². The van der Waals surface area contributed by atoms with Crippen LogP contribution in [0.15, 0.2) is 38.4 Å². The molecule has 2 rings (SSSR count). The summed E-state index contributed by atoms with van der Waals surface area (Å²) in [6.07, 6.45) is 0. The van der Waals surface area contributed by atoms with Gasteiger partial charge in [-0.2, -0.15) is 8.42 Å². The summed E-state index contributed by atoms with van der Waals surface area (Å²) >= 11 is 0. The lowest BCUT2D eigenvalue weighted by Crippen LogP contribution is -2.15. The molecule has 22 heavy (non-hydrogen) atoms. The molecule has 0 aliphatic rings. The fraction of sp³-hybridized carbons (Fsp3) is 0.267. The highest BCUT2D eigenvalue weighted by Crippen LogP contribution is 2.30. The summed E-state index contributed by atoms with van der Waals surface area (Å²) in [5.74, 6) is -0.154. The second kappa shape index (κ2) is 5.84. The molecular formula is C15H16O6S. The summed E-state index contributed by atoms with van der Waals surface area (Å²) in [5, 5.41) is 0. The molecule has 0 atom stereocenters. The third kappa shape index (κ3) is 2.99. The minimum atomic E-state index is -4.05. The molecule has 0 aliphatic carbocycles. The summed E-state index contributed by atoms with van der Waals surface area (Å²) in [7, 11) is -2.73. The molecule has 0 aliphatic heterocycles. The molecule has 118 valence electrons. The van der Waals surface area contributed by atoms with E-state index in [1.54, 1.807) is 19.1 Å². The summed E-state index contributed by atoms with van der Waals surface area (Å²) < 4.78 is 39.6. The molecule has 6 nitrogen and oxygen atoms in total. The first-order valence-electron chi connectivity index (χ1n) is 6.45. The largest absolute Gasteiger partial charge is 0.468 e. The molecule has 1 aromatic heterocycles. The zero-order valence-electron chi connectivity index (χ0n) is 12.7. The van der Waals surface area contributed by atoms with E-state index < -0.39 is 15.7 Å². The van der Waals surface area contributed by atoms with Crippen LogP contribution in [0.25, 0.3) is 0 Å². The van der Waals surface area contributed by atoms with Gasteiger partial charge in [0.15, 0.2) is 5.75 Å². The molecule has 0 radical (unpaired) electrons. The Labute approximate surface area is 128 Å². The Bertz CT molecular complexity index is 847. The highest BCUT2D eigenvalue weighted by atomic mass is 32.2. The van der Waals surface area contributed by atoms with Gasteiger partial charge in [-0.3, -0.25) is 0 Å². The van der Waals surface area contributed by atoms with Crippen molar-refractivity contribution in [1.82, 2.24) is 0 Å². The van der Waals surface area contributed by atoms with Gasteiger partial charge in [-0.15, -0.1) is 0 Å². The molecule has 0 spiro atoms. The van der Waals surface area contributed by atoms with E-state index in [0.717, 1.165) is 5.56 Å². The minimum absolute atomic E-state index is 0.00380. The maximum Gasteiger partial charge on any atom is 0.345 e. The third-order valence-corrected chi connectivity index (χ3v) is 4.40. The number of methoxy groups -OCH3 is 1. The lowest BCUT2D eigenvalue weighted by molar-refractivity contribution is 0.278. The van der Waals surface area contributed by atoms with Crippen molar-refractivity contribution >= 4 is 10.1 Å². The Morgan fingerprint density at radius 3 is 2.14 bits per heavy atom. The summed E-state index contributed by atoms with van der Waals surface area (Å²) in [5.41, 5.74) is 0.578. The van der Waals surface area contributed by atoms with Gasteiger partial charge in [0, 0.05) is 0 Å². The number of hydrogen-bond donors (Lipinski definition) is 0. The molecule has 7 heteroatoms. The fourth-order valence-electron chi connectivity index (χ4n) is 1.89. The Morgan fingerprint density at radius 1 is 1.00 bits per heavy atom. The zero-order chi connectivity index (χ0) is 16.5. The lowest BCUT2D eigenvalue weighted by atomic mass is 10.2. The van der Waals surface area contributed by atoms with E-state index in [9.17, 15) is 13.2 Å². The quantitative estimate of drug-likeness (QED) is 0.803. The van der Waals surface area contributed by atoms with Crippen LogP contribution in [-0.4, -0.2) is 15.5 Å². The average Bonchev–Trinajstić information content (AvgIpc) is 2.48. The first kappa shape index (κ1) is 16.1. The van der Waals surface area contributed by atoms with Crippen molar-refractivity contribution in [2.45, 2.75) is 25.7 Å². The second-order valence-electron chi connectivity index (χ2n) is 4.81. The van der Waals surface area contributed by atoms with E-state index in [1.165, 1.54) is 26.2 Å². The predicted molar refractivity (Wildman–Crippen MR) is 80.0 cm³/mol. The summed E-state index contributed by atoms with van der Waals surface area (Å²) in [6, 6.07) is 6.21. The van der Waals surface area contributed by atoms with Gasteiger partial charge in [-0.1, -0.05) is 17.7 Å². The highest BCUT2D eigenvalue weighted by Gasteiger charge is 2.23. The van der Waals surface area contributed by atoms with Crippen molar-refractivity contribution in [3.63, 3.8) is 0 Å². The van der Waals surface area contributed by atoms with Crippen LogP contribution in [0.5, 0.6) is 11.7 Å². The van der Waals surface area contributed by atoms with Crippen LogP contribution < -0.4 is 14.5 Å². The van der Waals surface area contributed by atoms with E-state index in [1.807, 2.05) is 6.92 Å². The third-order valence-electron chi connectivity index (χ3n) is 3.17. The van der Waals surface area contributed by atoms with Gasteiger partial charge in [-0.05, 0) is 32.9 Å². The van der Waals surface area contributed by atoms with Gasteiger partial charge in [-0.25, -0.2) is 4.79 Å². The van der Waals surface area contributed by atoms with Crippen molar-refractivity contribution in [2.75, 3.05) is 7.11 Å². The SMILES string of the molecule is COc1oc(=O)c(C)c(OS(=O)(=O)c2ccc(C)cc2)c1C. The number of aryl methyl sites for hydroxylation is 1. The maximum atomic E-state index is 12.3. The molecule has 0 N–H and O–H groups in total. The molecule has 1 aromatic carbocycles. The normalized spacial score (nSPS) is 11.3. The zero-order valence-corrected chi connectivity index (χ0v) is 13.5. The molecule has 0 bridgehead atoms. The molecule has 0 fully saturated rings. The van der Waals surface area contributed by atoms with E-state index >= 15 is 0 Å². The first-order valence-corrected chi connectivity index (χ1v) is 7.86. The molecule has 0 saturated heterocycles. The van der Waals surface area contributed by atoms with E-state index in [4.69, 9.17) is 13.3 Å². The molecule has 0 unspecified atom stereocenters. The van der Waals surface area contributed by atoms with Gasteiger partial charge >= 0.3 is 15.7 Å². The molecular weight excluding hydrogens is 308 g/mol. The topological polar surface area (TPSA) is 82.8 Å². The molecule has 2 aromatic rings. The van der Waals surface area contributed by atoms with Crippen LogP contribution in [0.3, 0.4) is 0 Å². The Morgan fingerprint density at radius 2 is 1.59 bits per heavy atom. The monoisotopic (exact) mass is 324 g/mol. The maximum absolute atomic E-state index is 12.3. The fourth-order valence-corrected chi connectivity index (χ4v) is 2.92. The van der Waals surface area contributed by atoms with Crippen molar-refractivity contribution in [1.29, 1.82) is 0 Å². The number of rotatable bonds is 4. The van der Waals surface area contributed by atoms with Gasteiger partial charge in [0.05, 0.1) is 18.2 Å². The second-order valence-corrected chi connectivity index (χ2v) is 6.36. The lowest BCUT2D eigenvalue weighted by Gasteiger charge is -2.12. The standard InChI is InChI=1S/C15H16O6S/c1-9-5-7-12(8-6-9)22(17,18)21-13-10(2)14(16)20-15(19-4)11(13)3/h5-8H,1-4H3. The highest BCUT2D eigenvalue weighted by molar-refractivity contribution is 7.87.